The molecule has 196 valence electrons. The van der Waals surface area contributed by atoms with Gasteiger partial charge < -0.3 is 8.83 Å². The van der Waals surface area contributed by atoms with E-state index in [1.54, 1.807) is 6.20 Å². The van der Waals surface area contributed by atoms with Crippen LogP contribution in [0.5, 0.6) is 0 Å². The SMILES string of the molecule is c1ccc(-c2cccc(-c3ccc(-c4ccc5oc6c(ccc7c8ccccc8oc76)c5c4)c4ccccc34)n2)nc1. The van der Waals surface area contributed by atoms with Crippen LogP contribution in [-0.2, 0) is 0 Å². The highest BCUT2D eigenvalue weighted by Gasteiger charge is 2.17. The zero-order chi connectivity index (χ0) is 27.6. The van der Waals surface area contributed by atoms with Gasteiger partial charge in [-0.3, -0.25) is 4.98 Å². The van der Waals surface area contributed by atoms with Gasteiger partial charge in [-0.15, -0.1) is 0 Å². The van der Waals surface area contributed by atoms with Crippen LogP contribution >= 0.6 is 0 Å². The summed E-state index contributed by atoms with van der Waals surface area (Å²) in [7, 11) is 0. The number of aromatic nitrogens is 2. The van der Waals surface area contributed by atoms with Crippen LogP contribution in [0.3, 0.4) is 0 Å². The Bertz CT molecular complexity index is 2470. The summed E-state index contributed by atoms with van der Waals surface area (Å²) < 4.78 is 12.6. The zero-order valence-electron chi connectivity index (χ0n) is 22.4. The standard InChI is InChI=1S/C38H22N2O2/c1-2-9-26-25(8-1)24(16-17-27(26)32-12-7-13-34(40-32)33-11-5-6-21-39-33)23-15-20-36-31(22-23)30-19-18-29-28-10-3-4-14-35(28)41-37(29)38(30)42-36/h1-22H. The van der Waals surface area contributed by atoms with E-state index in [4.69, 9.17) is 13.8 Å². The first-order valence-electron chi connectivity index (χ1n) is 14.0. The summed E-state index contributed by atoms with van der Waals surface area (Å²) in [5, 5.41) is 6.62. The fraction of sp³-hybridized carbons (Fsp3) is 0. The van der Waals surface area contributed by atoms with E-state index in [0.29, 0.717) is 0 Å². The first-order chi connectivity index (χ1) is 20.8. The Balaban J connectivity index is 1.21. The number of pyridine rings is 2. The number of nitrogens with zero attached hydrogens (tertiary/aromatic N) is 2. The smallest absolute Gasteiger partial charge is 0.178 e. The summed E-state index contributed by atoms with van der Waals surface area (Å²) in [6, 6.07) is 43.8. The van der Waals surface area contributed by atoms with Gasteiger partial charge in [0, 0.05) is 33.3 Å². The monoisotopic (exact) mass is 538 g/mol. The molecule has 42 heavy (non-hydrogen) atoms. The van der Waals surface area contributed by atoms with Crippen LogP contribution in [0.25, 0.3) is 88.4 Å². The maximum Gasteiger partial charge on any atom is 0.178 e. The molecule has 4 nitrogen and oxygen atoms in total. The van der Waals surface area contributed by atoms with Crippen LogP contribution in [0.4, 0.5) is 0 Å². The molecule has 0 fully saturated rings. The van der Waals surface area contributed by atoms with Gasteiger partial charge >= 0.3 is 0 Å². The largest absolute Gasteiger partial charge is 0.452 e. The van der Waals surface area contributed by atoms with Crippen molar-refractivity contribution >= 4 is 54.6 Å². The van der Waals surface area contributed by atoms with Gasteiger partial charge in [0.2, 0.25) is 0 Å². The van der Waals surface area contributed by atoms with Gasteiger partial charge in [-0.05, 0) is 76.5 Å². The molecule has 4 heterocycles. The zero-order valence-corrected chi connectivity index (χ0v) is 22.4. The molecule has 0 spiro atoms. The van der Waals surface area contributed by atoms with Crippen molar-refractivity contribution in [2.75, 3.05) is 0 Å². The highest BCUT2D eigenvalue weighted by molar-refractivity contribution is 6.19. The Hall–Kier alpha value is -5.74. The number of rotatable bonds is 3. The lowest BCUT2D eigenvalue weighted by atomic mass is 9.93. The van der Waals surface area contributed by atoms with Crippen molar-refractivity contribution < 1.29 is 8.83 Å². The van der Waals surface area contributed by atoms with E-state index in [0.717, 1.165) is 83.0 Å². The lowest BCUT2D eigenvalue weighted by Crippen LogP contribution is -1.91. The molecule has 5 aromatic carbocycles. The minimum absolute atomic E-state index is 0.787. The molecule has 0 saturated heterocycles. The summed E-state index contributed by atoms with van der Waals surface area (Å²) in [6.07, 6.45) is 1.80. The second kappa shape index (κ2) is 8.88. The van der Waals surface area contributed by atoms with E-state index in [2.05, 4.69) is 83.8 Å². The lowest BCUT2D eigenvalue weighted by Gasteiger charge is -2.12. The number of benzene rings is 5. The Kier molecular flexibility index (Phi) is 4.87. The molecule has 9 rings (SSSR count). The van der Waals surface area contributed by atoms with Crippen LogP contribution < -0.4 is 0 Å². The highest BCUT2D eigenvalue weighted by Crippen LogP contribution is 2.41. The molecular formula is C38H22N2O2. The molecule has 4 heteroatoms. The van der Waals surface area contributed by atoms with E-state index in [1.807, 2.05) is 48.5 Å². The Morgan fingerprint density at radius 3 is 1.86 bits per heavy atom. The molecule has 0 saturated carbocycles. The fourth-order valence-electron chi connectivity index (χ4n) is 6.20. The normalized spacial score (nSPS) is 11.8. The van der Waals surface area contributed by atoms with Crippen molar-refractivity contribution in [3.8, 4) is 33.8 Å². The van der Waals surface area contributed by atoms with Gasteiger partial charge in [0.15, 0.2) is 11.2 Å². The maximum atomic E-state index is 6.39. The quantitative estimate of drug-likeness (QED) is 0.224. The van der Waals surface area contributed by atoms with Crippen molar-refractivity contribution in [2.45, 2.75) is 0 Å². The molecule has 4 aromatic heterocycles. The molecule has 0 atom stereocenters. The van der Waals surface area contributed by atoms with Crippen molar-refractivity contribution in [2.24, 2.45) is 0 Å². The molecule has 0 N–H and O–H groups in total. The molecule has 9 aromatic rings. The van der Waals surface area contributed by atoms with Crippen molar-refractivity contribution in [1.82, 2.24) is 9.97 Å². The number of hydrogen-bond donors (Lipinski definition) is 0. The summed E-state index contributed by atoms with van der Waals surface area (Å²) in [4.78, 5) is 9.48. The van der Waals surface area contributed by atoms with Crippen LogP contribution in [0.15, 0.2) is 142 Å². The molecule has 0 bridgehead atoms. The van der Waals surface area contributed by atoms with E-state index in [-0.39, 0.29) is 0 Å². The number of furan rings is 2. The van der Waals surface area contributed by atoms with Gasteiger partial charge in [-0.25, -0.2) is 4.98 Å². The molecule has 0 aliphatic rings. The minimum Gasteiger partial charge on any atom is -0.452 e. The van der Waals surface area contributed by atoms with E-state index < -0.39 is 0 Å². The molecule has 0 aliphatic heterocycles. The lowest BCUT2D eigenvalue weighted by molar-refractivity contribution is 0.633. The Labute approximate surface area is 240 Å². The minimum atomic E-state index is 0.787. The van der Waals surface area contributed by atoms with Crippen LogP contribution in [0.2, 0.25) is 0 Å². The Morgan fingerprint density at radius 1 is 0.405 bits per heavy atom. The average Bonchev–Trinajstić information content (AvgIpc) is 3.63. The third-order valence-corrected chi connectivity index (χ3v) is 8.17. The number of fused-ring (bicyclic) bond motifs is 8. The predicted molar refractivity (Wildman–Crippen MR) is 170 cm³/mol. The van der Waals surface area contributed by atoms with Crippen molar-refractivity contribution in [3.63, 3.8) is 0 Å². The molecular weight excluding hydrogens is 516 g/mol. The van der Waals surface area contributed by atoms with E-state index in [1.165, 1.54) is 5.39 Å². The number of para-hydroxylation sites is 1. The second-order valence-electron chi connectivity index (χ2n) is 10.6. The predicted octanol–water partition coefficient (Wildman–Crippen LogP) is 10.4. The van der Waals surface area contributed by atoms with E-state index in [9.17, 15) is 0 Å². The van der Waals surface area contributed by atoms with Gasteiger partial charge in [-0.1, -0.05) is 72.8 Å². The second-order valence-corrected chi connectivity index (χ2v) is 10.6. The first-order valence-corrected chi connectivity index (χ1v) is 14.0. The summed E-state index contributed by atoms with van der Waals surface area (Å²) in [5.74, 6) is 0. The van der Waals surface area contributed by atoms with Crippen LogP contribution in [0, 0.1) is 0 Å². The first kappa shape index (κ1) is 23.0. The summed E-state index contributed by atoms with van der Waals surface area (Å²) in [5.41, 5.74) is 9.32. The van der Waals surface area contributed by atoms with Gasteiger partial charge in [-0.2, -0.15) is 0 Å². The highest BCUT2D eigenvalue weighted by atomic mass is 16.4. The van der Waals surface area contributed by atoms with Crippen LogP contribution in [-0.4, -0.2) is 9.97 Å². The molecule has 0 aliphatic carbocycles. The molecule has 0 radical (unpaired) electrons. The van der Waals surface area contributed by atoms with Crippen molar-refractivity contribution in [3.05, 3.63) is 134 Å². The third-order valence-electron chi connectivity index (χ3n) is 8.17. The fourth-order valence-corrected chi connectivity index (χ4v) is 6.20. The number of hydrogen-bond acceptors (Lipinski definition) is 4. The van der Waals surface area contributed by atoms with Gasteiger partial charge in [0.05, 0.1) is 17.1 Å². The summed E-state index contributed by atoms with van der Waals surface area (Å²) in [6.45, 7) is 0. The van der Waals surface area contributed by atoms with E-state index >= 15 is 0 Å². The van der Waals surface area contributed by atoms with Crippen LogP contribution in [0.1, 0.15) is 0 Å². The van der Waals surface area contributed by atoms with Gasteiger partial charge in [0.1, 0.15) is 11.2 Å². The van der Waals surface area contributed by atoms with Crippen molar-refractivity contribution in [1.29, 1.82) is 0 Å². The third kappa shape index (κ3) is 3.42. The molecule has 0 unspecified atom stereocenters. The topological polar surface area (TPSA) is 52.1 Å². The maximum absolute atomic E-state index is 6.39. The summed E-state index contributed by atoms with van der Waals surface area (Å²) >= 11 is 0. The average molecular weight is 539 g/mol. The Morgan fingerprint density at radius 2 is 1.05 bits per heavy atom. The molecule has 0 amide bonds. The van der Waals surface area contributed by atoms with Gasteiger partial charge in [0.25, 0.3) is 0 Å².